The highest BCUT2D eigenvalue weighted by atomic mass is 32.2. The molecule has 1 aromatic carbocycles. The normalized spacial score (nSPS) is 17.5. The highest BCUT2D eigenvalue weighted by Gasteiger charge is 2.19. The molecule has 0 radical (unpaired) electrons. The third kappa shape index (κ3) is 4.01. The van der Waals surface area contributed by atoms with Crippen LogP contribution >= 0.6 is 0 Å². The molecular weight excluding hydrogens is 262 g/mol. The standard InChI is InChI=1S/C13H21N3O2S/c14-9-8-12-4-6-13(7-5-12)19(17,18)15-16-10-2-1-3-11-16/h4-7,15H,1-3,8-11,14H2. The Morgan fingerprint density at radius 3 is 2.32 bits per heavy atom. The van der Waals surface area contributed by atoms with E-state index in [1.807, 2.05) is 12.1 Å². The minimum absolute atomic E-state index is 0.304. The quantitative estimate of drug-likeness (QED) is 0.840. The Morgan fingerprint density at radius 2 is 1.74 bits per heavy atom. The molecule has 6 heteroatoms. The molecule has 1 heterocycles. The predicted octanol–water partition coefficient (Wildman–Crippen LogP) is 0.867. The van der Waals surface area contributed by atoms with Crippen LogP contribution in [0.5, 0.6) is 0 Å². The lowest BCUT2D eigenvalue weighted by molar-refractivity contribution is 0.200. The van der Waals surface area contributed by atoms with Gasteiger partial charge in [-0.1, -0.05) is 18.6 Å². The molecule has 1 aliphatic rings. The van der Waals surface area contributed by atoms with Crippen molar-refractivity contribution in [2.45, 2.75) is 30.6 Å². The number of nitrogens with zero attached hydrogens (tertiary/aromatic N) is 1. The van der Waals surface area contributed by atoms with Gasteiger partial charge in [0, 0.05) is 13.1 Å². The molecule has 0 unspecified atom stereocenters. The monoisotopic (exact) mass is 283 g/mol. The van der Waals surface area contributed by atoms with Crippen LogP contribution in [0.3, 0.4) is 0 Å². The molecule has 0 spiro atoms. The van der Waals surface area contributed by atoms with Crippen LogP contribution in [-0.2, 0) is 16.4 Å². The number of hydrogen-bond acceptors (Lipinski definition) is 4. The molecule has 1 fully saturated rings. The Bertz CT molecular complexity index is 493. The van der Waals surface area contributed by atoms with E-state index in [2.05, 4.69) is 4.83 Å². The highest BCUT2D eigenvalue weighted by molar-refractivity contribution is 7.89. The number of rotatable bonds is 5. The number of nitrogens with two attached hydrogens (primary N) is 1. The molecule has 106 valence electrons. The molecule has 1 saturated heterocycles. The van der Waals surface area contributed by atoms with Crippen molar-refractivity contribution in [1.82, 2.24) is 9.84 Å². The van der Waals surface area contributed by atoms with E-state index in [-0.39, 0.29) is 0 Å². The fourth-order valence-corrected chi connectivity index (χ4v) is 3.33. The van der Waals surface area contributed by atoms with Gasteiger partial charge < -0.3 is 5.73 Å². The molecule has 0 aliphatic carbocycles. The third-order valence-electron chi connectivity index (χ3n) is 3.27. The van der Waals surface area contributed by atoms with E-state index in [9.17, 15) is 8.42 Å². The molecule has 0 saturated carbocycles. The highest BCUT2D eigenvalue weighted by Crippen LogP contribution is 2.13. The second kappa shape index (κ2) is 6.47. The summed E-state index contributed by atoms with van der Waals surface area (Å²) in [7, 11) is -3.45. The van der Waals surface area contributed by atoms with Gasteiger partial charge in [0.1, 0.15) is 0 Å². The first kappa shape index (κ1) is 14.5. The van der Waals surface area contributed by atoms with Gasteiger partial charge in [-0.05, 0) is 43.5 Å². The van der Waals surface area contributed by atoms with Crippen LogP contribution in [0.1, 0.15) is 24.8 Å². The lowest BCUT2D eigenvalue weighted by Crippen LogP contribution is -2.44. The van der Waals surface area contributed by atoms with Gasteiger partial charge in [0.25, 0.3) is 10.0 Å². The van der Waals surface area contributed by atoms with Crippen molar-refractivity contribution >= 4 is 10.0 Å². The maximum atomic E-state index is 12.2. The molecule has 19 heavy (non-hydrogen) atoms. The van der Waals surface area contributed by atoms with Crippen molar-refractivity contribution in [2.24, 2.45) is 5.73 Å². The van der Waals surface area contributed by atoms with Crippen molar-refractivity contribution < 1.29 is 8.42 Å². The van der Waals surface area contributed by atoms with E-state index in [0.29, 0.717) is 11.4 Å². The van der Waals surface area contributed by atoms with Crippen molar-refractivity contribution in [3.8, 4) is 0 Å². The average Bonchev–Trinajstić information content (AvgIpc) is 2.40. The van der Waals surface area contributed by atoms with Crippen molar-refractivity contribution in [3.63, 3.8) is 0 Å². The van der Waals surface area contributed by atoms with Crippen LogP contribution < -0.4 is 10.6 Å². The largest absolute Gasteiger partial charge is 0.330 e. The van der Waals surface area contributed by atoms with Gasteiger partial charge >= 0.3 is 0 Å². The minimum Gasteiger partial charge on any atom is -0.330 e. The summed E-state index contributed by atoms with van der Waals surface area (Å²) in [4.78, 5) is 2.95. The fraction of sp³-hybridized carbons (Fsp3) is 0.538. The summed E-state index contributed by atoms with van der Waals surface area (Å²) < 4.78 is 24.4. The predicted molar refractivity (Wildman–Crippen MR) is 74.9 cm³/mol. The summed E-state index contributed by atoms with van der Waals surface area (Å²) in [5, 5.41) is 1.78. The van der Waals surface area contributed by atoms with Crippen molar-refractivity contribution in [2.75, 3.05) is 19.6 Å². The lowest BCUT2D eigenvalue weighted by atomic mass is 10.2. The Labute approximate surface area is 114 Å². The van der Waals surface area contributed by atoms with Gasteiger partial charge in [-0.25, -0.2) is 13.4 Å². The van der Waals surface area contributed by atoms with E-state index in [1.165, 1.54) is 6.42 Å². The number of nitrogens with one attached hydrogen (secondary N) is 1. The molecule has 1 aromatic rings. The Kier molecular flexibility index (Phi) is 4.93. The average molecular weight is 283 g/mol. The zero-order chi connectivity index (χ0) is 13.7. The topological polar surface area (TPSA) is 75.4 Å². The summed E-state index contributed by atoms with van der Waals surface area (Å²) in [6.07, 6.45) is 4.02. The Hall–Kier alpha value is -0.950. The first-order chi connectivity index (χ1) is 9.12. The number of hydrazine groups is 1. The van der Waals surface area contributed by atoms with E-state index < -0.39 is 10.0 Å². The molecule has 5 nitrogen and oxygen atoms in total. The summed E-state index contributed by atoms with van der Waals surface area (Å²) in [5.41, 5.74) is 6.53. The summed E-state index contributed by atoms with van der Waals surface area (Å²) >= 11 is 0. The number of benzene rings is 1. The smallest absolute Gasteiger partial charge is 0.253 e. The van der Waals surface area contributed by atoms with Crippen molar-refractivity contribution in [3.05, 3.63) is 29.8 Å². The molecule has 0 amide bonds. The van der Waals surface area contributed by atoms with E-state index in [1.54, 1.807) is 17.1 Å². The van der Waals surface area contributed by atoms with E-state index in [0.717, 1.165) is 37.9 Å². The fourth-order valence-electron chi connectivity index (χ4n) is 2.21. The van der Waals surface area contributed by atoms with E-state index >= 15 is 0 Å². The second-order valence-corrected chi connectivity index (χ2v) is 6.49. The summed E-state index contributed by atoms with van der Waals surface area (Å²) in [6, 6.07) is 6.91. The second-order valence-electron chi connectivity index (χ2n) is 4.83. The molecule has 0 bridgehead atoms. The molecule has 0 aromatic heterocycles. The summed E-state index contributed by atoms with van der Waals surface area (Å²) in [6.45, 7) is 2.13. The lowest BCUT2D eigenvalue weighted by Gasteiger charge is -2.26. The van der Waals surface area contributed by atoms with Gasteiger partial charge in [-0.15, -0.1) is 4.83 Å². The molecule has 1 aliphatic heterocycles. The summed E-state index contributed by atoms with van der Waals surface area (Å²) in [5.74, 6) is 0. The molecular formula is C13H21N3O2S. The van der Waals surface area contributed by atoms with Crippen LogP contribution in [0.25, 0.3) is 0 Å². The van der Waals surface area contributed by atoms with Crippen LogP contribution in [0, 0.1) is 0 Å². The number of sulfonamides is 1. The maximum absolute atomic E-state index is 12.2. The molecule has 3 N–H and O–H groups in total. The maximum Gasteiger partial charge on any atom is 0.253 e. The van der Waals surface area contributed by atoms with Gasteiger partial charge in [-0.2, -0.15) is 0 Å². The van der Waals surface area contributed by atoms with Gasteiger partial charge in [0.05, 0.1) is 4.90 Å². The van der Waals surface area contributed by atoms with Crippen molar-refractivity contribution in [1.29, 1.82) is 0 Å². The molecule has 2 rings (SSSR count). The number of hydrogen-bond donors (Lipinski definition) is 2. The van der Waals surface area contributed by atoms with Crippen LogP contribution in [-0.4, -0.2) is 33.1 Å². The first-order valence-electron chi connectivity index (χ1n) is 6.68. The van der Waals surface area contributed by atoms with Crippen LogP contribution in [0.4, 0.5) is 0 Å². The minimum atomic E-state index is -3.45. The van der Waals surface area contributed by atoms with Gasteiger partial charge in [-0.3, -0.25) is 0 Å². The van der Waals surface area contributed by atoms with Gasteiger partial charge in [0.2, 0.25) is 0 Å². The Balaban J connectivity index is 2.05. The molecule has 0 atom stereocenters. The first-order valence-corrected chi connectivity index (χ1v) is 8.16. The zero-order valence-electron chi connectivity index (χ0n) is 11.0. The Morgan fingerprint density at radius 1 is 1.11 bits per heavy atom. The third-order valence-corrected chi connectivity index (χ3v) is 4.66. The number of piperidine rings is 1. The van der Waals surface area contributed by atoms with E-state index in [4.69, 9.17) is 5.73 Å². The zero-order valence-corrected chi connectivity index (χ0v) is 11.8. The SMILES string of the molecule is NCCc1ccc(S(=O)(=O)NN2CCCCC2)cc1. The van der Waals surface area contributed by atoms with Crippen LogP contribution in [0.2, 0.25) is 0 Å². The van der Waals surface area contributed by atoms with Gasteiger partial charge in [0.15, 0.2) is 0 Å². The van der Waals surface area contributed by atoms with Crippen LogP contribution in [0.15, 0.2) is 29.2 Å².